The van der Waals surface area contributed by atoms with Gasteiger partial charge in [-0.15, -0.1) is 0 Å². The highest BCUT2D eigenvalue weighted by Crippen LogP contribution is 2.19. The van der Waals surface area contributed by atoms with Gasteiger partial charge in [-0.3, -0.25) is 9.79 Å². The quantitative estimate of drug-likeness (QED) is 0.459. The van der Waals surface area contributed by atoms with Crippen LogP contribution in [0.3, 0.4) is 0 Å². The number of guanidine groups is 1. The summed E-state index contributed by atoms with van der Waals surface area (Å²) in [4.78, 5) is 18.6. The first-order valence-electron chi connectivity index (χ1n) is 9.18. The van der Waals surface area contributed by atoms with Crippen molar-refractivity contribution in [3.8, 4) is 0 Å². The van der Waals surface area contributed by atoms with E-state index in [0.717, 1.165) is 19.4 Å². The average molecular weight is 365 g/mol. The topological polar surface area (TPSA) is 74.2 Å². The summed E-state index contributed by atoms with van der Waals surface area (Å²) < 4.78 is 18.1. The number of nitrogens with zero attached hydrogens (tertiary/aromatic N) is 2. The van der Waals surface area contributed by atoms with E-state index >= 15 is 0 Å². The summed E-state index contributed by atoms with van der Waals surface area (Å²) in [7, 11) is 0. The van der Waals surface area contributed by atoms with Crippen LogP contribution < -0.4 is 5.32 Å². The number of rotatable bonds is 6. The van der Waals surface area contributed by atoms with E-state index in [9.17, 15) is 14.3 Å². The lowest BCUT2D eigenvalue weighted by molar-refractivity contribution is -0.149. The van der Waals surface area contributed by atoms with Crippen molar-refractivity contribution >= 4 is 11.9 Å². The van der Waals surface area contributed by atoms with Crippen LogP contribution in [0.1, 0.15) is 38.4 Å². The van der Waals surface area contributed by atoms with Crippen molar-refractivity contribution in [3.05, 3.63) is 35.6 Å². The fourth-order valence-corrected chi connectivity index (χ4v) is 3.01. The van der Waals surface area contributed by atoms with Gasteiger partial charge in [0.2, 0.25) is 0 Å². The minimum absolute atomic E-state index is 0.158. The first-order chi connectivity index (χ1) is 12.5. The van der Waals surface area contributed by atoms with Gasteiger partial charge in [-0.05, 0) is 44.4 Å². The Hall–Kier alpha value is -2.15. The second-order valence-corrected chi connectivity index (χ2v) is 6.30. The summed E-state index contributed by atoms with van der Waals surface area (Å²) >= 11 is 0. The zero-order valence-corrected chi connectivity index (χ0v) is 15.4. The van der Waals surface area contributed by atoms with Crippen molar-refractivity contribution in [2.24, 2.45) is 10.9 Å². The molecule has 2 N–H and O–H groups in total. The lowest BCUT2D eigenvalue weighted by atomic mass is 9.98. The molecule has 26 heavy (non-hydrogen) atoms. The van der Waals surface area contributed by atoms with E-state index < -0.39 is 6.10 Å². The number of hydrogen-bond donors (Lipinski definition) is 2. The van der Waals surface area contributed by atoms with Gasteiger partial charge in [-0.2, -0.15) is 0 Å². The van der Waals surface area contributed by atoms with E-state index in [1.807, 2.05) is 11.8 Å². The second-order valence-electron chi connectivity index (χ2n) is 6.30. The van der Waals surface area contributed by atoms with Crippen LogP contribution in [-0.4, -0.2) is 54.7 Å². The van der Waals surface area contributed by atoms with Gasteiger partial charge in [0.25, 0.3) is 0 Å². The van der Waals surface area contributed by atoms with Crippen LogP contribution in [0.5, 0.6) is 0 Å². The fourth-order valence-electron chi connectivity index (χ4n) is 3.01. The van der Waals surface area contributed by atoms with Gasteiger partial charge in [0.15, 0.2) is 5.96 Å². The Morgan fingerprint density at radius 2 is 2.15 bits per heavy atom. The van der Waals surface area contributed by atoms with Crippen molar-refractivity contribution in [1.82, 2.24) is 10.2 Å². The van der Waals surface area contributed by atoms with Crippen molar-refractivity contribution < 1.29 is 19.0 Å². The molecule has 0 aromatic heterocycles. The molecule has 1 saturated heterocycles. The molecule has 0 spiro atoms. The molecule has 0 amide bonds. The molecule has 6 nitrogen and oxygen atoms in total. The van der Waals surface area contributed by atoms with Gasteiger partial charge < -0.3 is 20.1 Å². The molecule has 1 fully saturated rings. The molecule has 0 bridgehead atoms. The highest BCUT2D eigenvalue weighted by Gasteiger charge is 2.28. The van der Waals surface area contributed by atoms with Gasteiger partial charge in [0, 0.05) is 19.6 Å². The summed E-state index contributed by atoms with van der Waals surface area (Å²) in [6.07, 6.45) is 0.886. The van der Waals surface area contributed by atoms with Crippen LogP contribution in [0.2, 0.25) is 0 Å². The number of carbonyl (C=O) groups is 1. The monoisotopic (exact) mass is 365 g/mol. The molecule has 0 aliphatic carbocycles. The number of aliphatic hydroxyl groups is 1. The van der Waals surface area contributed by atoms with Crippen LogP contribution in [0.4, 0.5) is 4.39 Å². The maximum atomic E-state index is 13.0. The maximum absolute atomic E-state index is 13.0. The zero-order valence-electron chi connectivity index (χ0n) is 15.4. The summed E-state index contributed by atoms with van der Waals surface area (Å²) in [5.41, 5.74) is 0.619. The fraction of sp³-hybridized carbons (Fsp3) is 0.579. The number of hydrogen-bond acceptors (Lipinski definition) is 4. The number of likely N-dealkylation sites (tertiary alicyclic amines) is 1. The SMILES string of the molecule is CCNC(=NCC(O)c1ccc(F)cc1)N1CCCC(C(=O)OCC)C1. The van der Waals surface area contributed by atoms with E-state index in [-0.39, 0.29) is 24.2 Å². The number of piperidine rings is 1. The molecule has 7 heteroatoms. The molecular formula is C19H28FN3O3. The minimum atomic E-state index is -0.810. The Morgan fingerprint density at radius 3 is 2.81 bits per heavy atom. The third-order valence-corrected chi connectivity index (χ3v) is 4.34. The third-order valence-electron chi connectivity index (χ3n) is 4.34. The van der Waals surface area contributed by atoms with E-state index in [0.29, 0.717) is 31.2 Å². The number of carbonyl (C=O) groups excluding carboxylic acids is 1. The number of aliphatic imine (C=N–C) groups is 1. The number of nitrogens with one attached hydrogen (secondary N) is 1. The molecule has 0 radical (unpaired) electrons. The molecule has 2 unspecified atom stereocenters. The number of esters is 1. The molecule has 1 aromatic rings. The lowest BCUT2D eigenvalue weighted by Gasteiger charge is -2.34. The summed E-state index contributed by atoms with van der Waals surface area (Å²) in [5, 5.41) is 13.5. The zero-order chi connectivity index (χ0) is 18.9. The van der Waals surface area contributed by atoms with Gasteiger partial charge in [0.1, 0.15) is 5.82 Å². The maximum Gasteiger partial charge on any atom is 0.310 e. The summed E-state index contributed by atoms with van der Waals surface area (Å²) in [6, 6.07) is 5.75. The normalized spacial score (nSPS) is 19.2. The van der Waals surface area contributed by atoms with Gasteiger partial charge >= 0.3 is 5.97 Å². The molecule has 1 aliphatic rings. The van der Waals surface area contributed by atoms with Crippen LogP contribution in [0.15, 0.2) is 29.3 Å². The van der Waals surface area contributed by atoms with E-state index in [1.54, 1.807) is 19.1 Å². The smallest absolute Gasteiger partial charge is 0.310 e. The molecular weight excluding hydrogens is 337 g/mol. The number of benzene rings is 1. The highest BCUT2D eigenvalue weighted by molar-refractivity contribution is 5.81. The summed E-state index contributed by atoms with van der Waals surface area (Å²) in [5.74, 6) is 0.00717. The van der Waals surface area contributed by atoms with E-state index in [1.165, 1.54) is 12.1 Å². The molecule has 1 aromatic carbocycles. The molecule has 2 atom stereocenters. The Balaban J connectivity index is 2.02. The molecule has 144 valence electrons. The molecule has 0 saturated carbocycles. The first kappa shape index (κ1) is 20.2. The van der Waals surface area contributed by atoms with Gasteiger partial charge in [-0.1, -0.05) is 12.1 Å². The average Bonchev–Trinajstić information content (AvgIpc) is 2.65. The van der Waals surface area contributed by atoms with E-state index in [4.69, 9.17) is 4.74 Å². The Labute approximate surface area is 154 Å². The summed E-state index contributed by atoms with van der Waals surface area (Å²) in [6.45, 7) is 6.36. The van der Waals surface area contributed by atoms with Gasteiger partial charge in [0.05, 0.1) is 25.2 Å². The van der Waals surface area contributed by atoms with Crippen LogP contribution >= 0.6 is 0 Å². The van der Waals surface area contributed by atoms with Gasteiger partial charge in [-0.25, -0.2) is 4.39 Å². The number of ether oxygens (including phenoxy) is 1. The Bertz CT molecular complexity index is 607. The predicted molar refractivity (Wildman–Crippen MR) is 98.3 cm³/mol. The third kappa shape index (κ3) is 5.69. The van der Waals surface area contributed by atoms with Crippen molar-refractivity contribution in [1.29, 1.82) is 0 Å². The Morgan fingerprint density at radius 1 is 1.42 bits per heavy atom. The van der Waals surface area contributed by atoms with Crippen molar-refractivity contribution in [3.63, 3.8) is 0 Å². The number of halogens is 1. The largest absolute Gasteiger partial charge is 0.466 e. The van der Waals surface area contributed by atoms with Crippen LogP contribution in [0, 0.1) is 11.7 Å². The highest BCUT2D eigenvalue weighted by atomic mass is 19.1. The number of aliphatic hydroxyl groups excluding tert-OH is 1. The lowest BCUT2D eigenvalue weighted by Crippen LogP contribution is -2.48. The molecule has 1 heterocycles. The van der Waals surface area contributed by atoms with Crippen LogP contribution in [0.25, 0.3) is 0 Å². The van der Waals surface area contributed by atoms with E-state index in [2.05, 4.69) is 10.3 Å². The predicted octanol–water partition coefficient (Wildman–Crippen LogP) is 2.10. The van der Waals surface area contributed by atoms with Crippen molar-refractivity contribution in [2.75, 3.05) is 32.8 Å². The van der Waals surface area contributed by atoms with Crippen LogP contribution in [-0.2, 0) is 9.53 Å². The Kier molecular flexibility index (Phi) is 7.84. The standard InChI is InChI=1S/C19H28FN3O3/c1-3-21-19(22-12-17(24)14-7-9-16(20)10-8-14)23-11-5-6-15(13-23)18(25)26-4-2/h7-10,15,17,24H,3-6,11-13H2,1-2H3,(H,21,22). The molecule has 2 rings (SSSR count). The second kappa shape index (κ2) is 10.1. The first-order valence-corrected chi connectivity index (χ1v) is 9.18. The minimum Gasteiger partial charge on any atom is -0.466 e. The molecule has 1 aliphatic heterocycles. The van der Waals surface area contributed by atoms with Crippen molar-refractivity contribution in [2.45, 2.75) is 32.8 Å².